The summed E-state index contributed by atoms with van der Waals surface area (Å²) in [6, 6.07) is 26.4. The average Bonchev–Trinajstić information content (AvgIpc) is 3.36. The number of amides is 2. The van der Waals surface area contributed by atoms with Crippen LogP contribution in [0.3, 0.4) is 0 Å². The summed E-state index contributed by atoms with van der Waals surface area (Å²) >= 11 is 1.66. The van der Waals surface area contributed by atoms with Gasteiger partial charge < -0.3 is 9.80 Å². The van der Waals surface area contributed by atoms with E-state index in [1.807, 2.05) is 70.5 Å². The van der Waals surface area contributed by atoms with Crippen LogP contribution in [0.1, 0.15) is 39.3 Å². The van der Waals surface area contributed by atoms with E-state index < -0.39 is 0 Å². The maximum absolute atomic E-state index is 13.3. The fourth-order valence-electron chi connectivity index (χ4n) is 4.67. The minimum Gasteiger partial charge on any atom is -0.326 e. The van der Waals surface area contributed by atoms with Gasteiger partial charge >= 0.3 is 0 Å². The van der Waals surface area contributed by atoms with E-state index in [0.29, 0.717) is 17.9 Å². The summed E-state index contributed by atoms with van der Waals surface area (Å²) in [7, 11) is 0. The molecule has 3 aromatic carbocycles. The molecule has 1 fully saturated rings. The van der Waals surface area contributed by atoms with Crippen molar-refractivity contribution in [3.63, 3.8) is 0 Å². The third-order valence-electron chi connectivity index (χ3n) is 6.32. The highest BCUT2D eigenvalue weighted by atomic mass is 32.2. The molecule has 0 bridgehead atoms. The molecule has 0 N–H and O–H groups in total. The minimum atomic E-state index is 0.00167. The van der Waals surface area contributed by atoms with Crippen LogP contribution in [0.5, 0.6) is 0 Å². The van der Waals surface area contributed by atoms with Gasteiger partial charge in [-0.2, -0.15) is 0 Å². The molecule has 5 heteroatoms. The Morgan fingerprint density at radius 2 is 1.69 bits per heavy atom. The molecule has 3 aromatic rings. The zero-order valence-corrected chi connectivity index (χ0v) is 18.9. The molecule has 2 heterocycles. The second kappa shape index (κ2) is 8.83. The van der Waals surface area contributed by atoms with Gasteiger partial charge in [0.25, 0.3) is 5.91 Å². The molecule has 2 aliphatic heterocycles. The van der Waals surface area contributed by atoms with Crippen LogP contribution < -0.4 is 4.90 Å². The van der Waals surface area contributed by atoms with Crippen molar-refractivity contribution < 1.29 is 9.59 Å². The fourth-order valence-corrected chi connectivity index (χ4v) is 5.89. The first-order valence-corrected chi connectivity index (χ1v) is 12.1. The molecule has 0 saturated carbocycles. The first-order valence-electron chi connectivity index (χ1n) is 11.1. The fraction of sp³-hybridized carbons (Fsp3) is 0.259. The van der Waals surface area contributed by atoms with Gasteiger partial charge in [0, 0.05) is 23.8 Å². The number of carbonyl (C=O) groups is 2. The molecule has 5 rings (SSSR count). The standard InChI is InChI=1S/C27H26N2O2S/c1-19-17-23-9-5-6-10-24(23)29(19)26(31)21-11-13-22(14-12-21)27-28(25(30)18-32-27)16-15-20-7-3-2-4-8-20/h2-14,19,27H,15-18H2,1H3/t19-,27-/m1/s1. The van der Waals surface area contributed by atoms with E-state index in [0.717, 1.165) is 24.1 Å². The van der Waals surface area contributed by atoms with Crippen LogP contribution in [0.4, 0.5) is 5.69 Å². The second-order valence-corrected chi connectivity index (χ2v) is 9.53. The summed E-state index contributed by atoms with van der Waals surface area (Å²) in [5.41, 5.74) is 5.22. The molecule has 0 radical (unpaired) electrons. The molecule has 162 valence electrons. The van der Waals surface area contributed by atoms with Crippen molar-refractivity contribution in [3.8, 4) is 0 Å². The molecular weight excluding hydrogens is 416 g/mol. The maximum Gasteiger partial charge on any atom is 0.258 e. The number of thioether (sulfide) groups is 1. The van der Waals surface area contributed by atoms with E-state index in [1.54, 1.807) is 11.8 Å². The SMILES string of the molecule is C[C@@H]1Cc2ccccc2N1C(=O)c1ccc([C@H]2SCC(=O)N2CCc2ccccc2)cc1. The van der Waals surface area contributed by atoms with Crippen molar-refractivity contribution in [3.05, 3.63) is 101 Å². The molecule has 0 spiro atoms. The monoisotopic (exact) mass is 442 g/mol. The van der Waals surface area contributed by atoms with E-state index in [2.05, 4.69) is 25.1 Å². The van der Waals surface area contributed by atoms with E-state index in [1.165, 1.54) is 11.1 Å². The van der Waals surface area contributed by atoms with Gasteiger partial charge in [0.05, 0.1) is 5.75 Å². The highest BCUT2D eigenvalue weighted by molar-refractivity contribution is 8.00. The Balaban J connectivity index is 1.32. The summed E-state index contributed by atoms with van der Waals surface area (Å²) in [6.45, 7) is 2.79. The number of fused-ring (bicyclic) bond motifs is 1. The van der Waals surface area contributed by atoms with Crippen molar-refractivity contribution in [1.82, 2.24) is 4.90 Å². The molecule has 0 aromatic heterocycles. The Labute approximate surface area is 193 Å². The first-order chi connectivity index (χ1) is 15.6. The zero-order valence-electron chi connectivity index (χ0n) is 18.1. The molecule has 0 unspecified atom stereocenters. The summed E-state index contributed by atoms with van der Waals surface area (Å²) < 4.78 is 0. The lowest BCUT2D eigenvalue weighted by Crippen LogP contribution is -2.35. The summed E-state index contributed by atoms with van der Waals surface area (Å²) in [5.74, 6) is 0.714. The number of para-hydroxylation sites is 1. The Kier molecular flexibility index (Phi) is 5.75. The number of carbonyl (C=O) groups excluding carboxylic acids is 2. The lowest BCUT2D eigenvalue weighted by Gasteiger charge is -2.25. The number of benzene rings is 3. The molecule has 2 atom stereocenters. The summed E-state index contributed by atoms with van der Waals surface area (Å²) in [5, 5.41) is 0.00167. The Morgan fingerprint density at radius 1 is 0.969 bits per heavy atom. The highest BCUT2D eigenvalue weighted by Gasteiger charge is 2.34. The van der Waals surface area contributed by atoms with E-state index in [9.17, 15) is 9.59 Å². The first kappa shape index (κ1) is 20.8. The van der Waals surface area contributed by atoms with Crippen molar-refractivity contribution in [2.75, 3.05) is 17.2 Å². The van der Waals surface area contributed by atoms with Crippen molar-refractivity contribution in [2.45, 2.75) is 31.2 Å². The normalized spacial score (nSPS) is 20.0. The van der Waals surface area contributed by atoms with E-state index in [-0.39, 0.29) is 23.2 Å². The quantitative estimate of drug-likeness (QED) is 0.552. The van der Waals surface area contributed by atoms with Gasteiger partial charge in [-0.15, -0.1) is 11.8 Å². The summed E-state index contributed by atoms with van der Waals surface area (Å²) in [6.07, 6.45) is 1.73. The van der Waals surface area contributed by atoms with Gasteiger partial charge in [-0.3, -0.25) is 9.59 Å². The number of anilines is 1. The predicted molar refractivity (Wildman–Crippen MR) is 130 cm³/mol. The number of rotatable bonds is 5. The largest absolute Gasteiger partial charge is 0.326 e. The summed E-state index contributed by atoms with van der Waals surface area (Å²) in [4.78, 5) is 29.7. The van der Waals surface area contributed by atoms with Crippen molar-refractivity contribution >= 4 is 29.3 Å². The predicted octanol–water partition coefficient (Wildman–Crippen LogP) is 5.09. The van der Waals surface area contributed by atoms with Crippen LogP contribution in [-0.4, -0.2) is 35.1 Å². The second-order valence-electron chi connectivity index (χ2n) is 8.47. The number of hydrogen-bond acceptors (Lipinski definition) is 3. The third-order valence-corrected chi connectivity index (χ3v) is 7.58. The van der Waals surface area contributed by atoms with Gasteiger partial charge in [0.15, 0.2) is 0 Å². The van der Waals surface area contributed by atoms with Gasteiger partial charge in [-0.25, -0.2) is 0 Å². The van der Waals surface area contributed by atoms with E-state index >= 15 is 0 Å². The molecule has 2 amide bonds. The van der Waals surface area contributed by atoms with Crippen LogP contribution in [0.25, 0.3) is 0 Å². The third kappa shape index (κ3) is 3.93. The molecule has 32 heavy (non-hydrogen) atoms. The van der Waals surface area contributed by atoms with Crippen LogP contribution in [0.15, 0.2) is 78.9 Å². The minimum absolute atomic E-state index is 0.00167. The molecule has 0 aliphatic carbocycles. The van der Waals surface area contributed by atoms with Gasteiger partial charge in [0.2, 0.25) is 5.91 Å². The van der Waals surface area contributed by atoms with E-state index in [4.69, 9.17) is 0 Å². The number of hydrogen-bond donors (Lipinski definition) is 0. The average molecular weight is 443 g/mol. The lowest BCUT2D eigenvalue weighted by atomic mass is 10.1. The van der Waals surface area contributed by atoms with Gasteiger partial charge in [-0.1, -0.05) is 60.7 Å². The van der Waals surface area contributed by atoms with Crippen molar-refractivity contribution in [2.24, 2.45) is 0 Å². The lowest BCUT2D eigenvalue weighted by molar-refractivity contribution is -0.128. The molecule has 4 nitrogen and oxygen atoms in total. The van der Waals surface area contributed by atoms with Gasteiger partial charge in [0.1, 0.15) is 5.37 Å². The zero-order chi connectivity index (χ0) is 22.1. The van der Waals surface area contributed by atoms with Gasteiger partial charge in [-0.05, 0) is 54.7 Å². The van der Waals surface area contributed by atoms with Crippen LogP contribution in [0, 0.1) is 0 Å². The molecule has 2 aliphatic rings. The van der Waals surface area contributed by atoms with Crippen molar-refractivity contribution in [1.29, 1.82) is 0 Å². The highest BCUT2D eigenvalue weighted by Crippen LogP contribution is 2.39. The Morgan fingerprint density at radius 3 is 2.47 bits per heavy atom. The Bertz CT molecular complexity index is 1130. The van der Waals surface area contributed by atoms with Crippen LogP contribution in [0.2, 0.25) is 0 Å². The Hall–Kier alpha value is -3.05. The topological polar surface area (TPSA) is 40.6 Å². The molecular formula is C27H26N2O2S. The van der Waals surface area contributed by atoms with Crippen LogP contribution >= 0.6 is 11.8 Å². The van der Waals surface area contributed by atoms with Crippen LogP contribution in [-0.2, 0) is 17.6 Å². The molecule has 1 saturated heterocycles. The smallest absolute Gasteiger partial charge is 0.258 e. The number of nitrogens with zero attached hydrogens (tertiary/aromatic N) is 2. The maximum atomic E-state index is 13.3.